The fourth-order valence-electron chi connectivity index (χ4n) is 5.83. The number of aromatic nitrogens is 1. The lowest BCUT2D eigenvalue weighted by molar-refractivity contribution is 0.101. The summed E-state index contributed by atoms with van der Waals surface area (Å²) in [4.78, 5) is 30.6. The molecular weight excluding hydrogens is 541 g/mol. The van der Waals surface area contributed by atoms with Gasteiger partial charge in [0.05, 0.1) is 12.7 Å². The molecule has 0 saturated carbocycles. The molecule has 0 bridgehead atoms. The van der Waals surface area contributed by atoms with Crippen LogP contribution >= 0.6 is 22.7 Å². The highest BCUT2D eigenvalue weighted by molar-refractivity contribution is 7.17. The molecule has 0 saturated heterocycles. The van der Waals surface area contributed by atoms with Gasteiger partial charge in [-0.1, -0.05) is 12.1 Å². The number of carbonyl (C=O) groups is 2. The van der Waals surface area contributed by atoms with Crippen molar-refractivity contribution in [3.8, 4) is 10.8 Å². The van der Waals surface area contributed by atoms with E-state index < -0.39 is 0 Å². The number of nitrogens with zero attached hydrogens (tertiary/aromatic N) is 2. The first-order valence-electron chi connectivity index (χ1n) is 13.8. The topological polar surface area (TPSA) is 75.6 Å². The van der Waals surface area contributed by atoms with Gasteiger partial charge in [-0.25, -0.2) is 4.79 Å². The third kappa shape index (κ3) is 5.46. The van der Waals surface area contributed by atoms with E-state index in [9.17, 15) is 9.59 Å². The number of nitrogens with one attached hydrogen (secondary N) is 2. The zero-order valence-corrected chi connectivity index (χ0v) is 24.6. The number of rotatable bonds is 8. The normalized spacial score (nSPS) is 14.8. The number of carbonyl (C=O) groups excluding carboxylic acids is 2. The standard InChI is InChI=1S/C31H34N4O3S2/c1-20(36)28-24-7-3-4-8-26(24)39-29(28)33-31(37)32-17-25-23-13-16-34(18-21-9-11-22(38-2)12-10-21)19-27(23)40-30(25)35-14-5-6-15-35/h5-6,9-12,14-15H,3-4,7-8,13,16-19H2,1-2H3,(H2,32,33,37). The number of fused-ring (bicyclic) bond motifs is 2. The number of benzene rings is 1. The second kappa shape index (κ2) is 11.6. The summed E-state index contributed by atoms with van der Waals surface area (Å²) in [6, 6.07) is 12.1. The summed E-state index contributed by atoms with van der Waals surface area (Å²) in [5.74, 6) is 0.896. The fraction of sp³-hybridized carbons (Fsp3) is 0.355. The van der Waals surface area contributed by atoms with E-state index in [0.29, 0.717) is 17.1 Å². The Balaban J connectivity index is 1.18. The lowest BCUT2D eigenvalue weighted by Crippen LogP contribution is -2.31. The summed E-state index contributed by atoms with van der Waals surface area (Å²) in [7, 11) is 1.69. The molecular formula is C31H34N4O3S2. The minimum atomic E-state index is -0.267. The minimum absolute atomic E-state index is 0.0238. The number of Topliss-reactive ketones (excluding diaryl/α,β-unsaturated/α-hetero) is 1. The van der Waals surface area contributed by atoms with Crippen molar-refractivity contribution in [2.75, 3.05) is 19.0 Å². The molecule has 1 aromatic carbocycles. The van der Waals surface area contributed by atoms with Crippen molar-refractivity contribution >= 4 is 39.5 Å². The third-order valence-electron chi connectivity index (χ3n) is 7.80. The van der Waals surface area contributed by atoms with E-state index in [1.54, 1.807) is 25.4 Å². The van der Waals surface area contributed by atoms with Crippen molar-refractivity contribution < 1.29 is 14.3 Å². The van der Waals surface area contributed by atoms with Gasteiger partial charge in [0.15, 0.2) is 5.78 Å². The number of urea groups is 1. The van der Waals surface area contributed by atoms with Crippen molar-refractivity contribution in [1.29, 1.82) is 0 Å². The van der Waals surface area contributed by atoms with Gasteiger partial charge in [-0.05, 0) is 80.0 Å². The molecule has 4 aromatic rings. The van der Waals surface area contributed by atoms with Crippen LogP contribution in [0, 0.1) is 0 Å². The smallest absolute Gasteiger partial charge is 0.320 e. The van der Waals surface area contributed by atoms with Gasteiger partial charge in [0.2, 0.25) is 0 Å². The summed E-state index contributed by atoms with van der Waals surface area (Å²) >= 11 is 3.37. The van der Waals surface area contributed by atoms with Crippen LogP contribution in [0.4, 0.5) is 9.80 Å². The van der Waals surface area contributed by atoms with Gasteiger partial charge in [0.25, 0.3) is 0 Å². The van der Waals surface area contributed by atoms with Gasteiger partial charge in [-0.15, -0.1) is 22.7 Å². The van der Waals surface area contributed by atoms with Crippen molar-refractivity contribution in [2.45, 2.75) is 58.7 Å². The quantitative estimate of drug-likeness (QED) is 0.234. The van der Waals surface area contributed by atoms with Crippen LogP contribution < -0.4 is 15.4 Å². The average Bonchev–Trinajstić information content (AvgIpc) is 3.69. The first-order valence-corrected chi connectivity index (χ1v) is 15.5. The Labute approximate surface area is 242 Å². The fourth-order valence-corrected chi connectivity index (χ4v) is 8.54. The largest absolute Gasteiger partial charge is 0.497 e. The van der Waals surface area contributed by atoms with Crippen molar-refractivity contribution in [1.82, 2.24) is 14.8 Å². The first-order chi connectivity index (χ1) is 19.5. The van der Waals surface area contributed by atoms with Gasteiger partial charge >= 0.3 is 6.03 Å². The van der Waals surface area contributed by atoms with Gasteiger partial charge in [-0.2, -0.15) is 0 Å². The van der Waals surface area contributed by atoms with E-state index in [1.165, 1.54) is 26.4 Å². The predicted molar refractivity (Wildman–Crippen MR) is 161 cm³/mol. The lowest BCUT2D eigenvalue weighted by Gasteiger charge is -2.27. The van der Waals surface area contributed by atoms with Crippen LogP contribution in [0.25, 0.3) is 5.00 Å². The summed E-state index contributed by atoms with van der Waals surface area (Å²) in [6.07, 6.45) is 9.20. The zero-order chi connectivity index (χ0) is 27.6. The average molecular weight is 575 g/mol. The molecule has 0 fully saturated rings. The molecule has 4 heterocycles. The second-order valence-electron chi connectivity index (χ2n) is 10.5. The van der Waals surface area contributed by atoms with Crippen molar-refractivity contribution in [3.63, 3.8) is 0 Å². The van der Waals surface area contributed by atoms with Crippen molar-refractivity contribution in [2.24, 2.45) is 0 Å². The number of amides is 2. The van der Waals surface area contributed by atoms with Gasteiger partial charge in [-0.3, -0.25) is 15.0 Å². The number of thiophene rings is 2. The highest BCUT2D eigenvalue weighted by atomic mass is 32.1. The van der Waals surface area contributed by atoms with Crippen LogP contribution in [0.15, 0.2) is 48.8 Å². The molecule has 6 rings (SSSR count). The molecule has 0 atom stereocenters. The number of hydrogen-bond acceptors (Lipinski definition) is 6. The maximum Gasteiger partial charge on any atom is 0.320 e. The first kappa shape index (κ1) is 26.8. The number of aryl methyl sites for hydroxylation is 1. The summed E-state index contributed by atoms with van der Waals surface area (Å²) < 4.78 is 7.45. The number of hydrogen-bond donors (Lipinski definition) is 2. The zero-order valence-electron chi connectivity index (χ0n) is 22.9. The molecule has 2 amide bonds. The second-order valence-corrected chi connectivity index (χ2v) is 12.7. The summed E-state index contributed by atoms with van der Waals surface area (Å²) in [6.45, 7) is 4.76. The van der Waals surface area contributed by atoms with Crippen LogP contribution in [0.5, 0.6) is 5.75 Å². The Morgan fingerprint density at radius 2 is 1.75 bits per heavy atom. The number of anilines is 1. The molecule has 0 unspecified atom stereocenters. The molecule has 3 aromatic heterocycles. The molecule has 0 spiro atoms. The van der Waals surface area contributed by atoms with E-state index in [-0.39, 0.29) is 11.8 Å². The maximum atomic E-state index is 13.1. The Kier molecular flexibility index (Phi) is 7.78. The van der Waals surface area contributed by atoms with Crippen LogP contribution in [0.1, 0.15) is 62.1 Å². The van der Waals surface area contributed by atoms with Crippen LogP contribution in [-0.2, 0) is 38.9 Å². The van der Waals surface area contributed by atoms with E-state index in [0.717, 1.165) is 68.1 Å². The Hall–Kier alpha value is -3.40. The molecule has 0 radical (unpaired) electrons. The lowest BCUT2D eigenvalue weighted by atomic mass is 9.94. The Bertz CT molecular complexity index is 1520. The number of ether oxygens (including phenoxy) is 1. The van der Waals surface area contributed by atoms with Crippen LogP contribution in [0.2, 0.25) is 0 Å². The molecule has 7 nitrogen and oxygen atoms in total. The Morgan fingerprint density at radius 3 is 2.50 bits per heavy atom. The molecule has 1 aliphatic heterocycles. The summed E-state index contributed by atoms with van der Waals surface area (Å²) in [5.41, 5.74) is 5.63. The van der Waals surface area contributed by atoms with E-state index in [1.807, 2.05) is 35.6 Å². The monoisotopic (exact) mass is 574 g/mol. The van der Waals surface area contributed by atoms with Gasteiger partial charge < -0.3 is 14.6 Å². The maximum absolute atomic E-state index is 13.1. The highest BCUT2D eigenvalue weighted by Crippen LogP contribution is 2.39. The summed E-state index contributed by atoms with van der Waals surface area (Å²) in [5, 5.41) is 7.96. The molecule has 2 N–H and O–H groups in total. The molecule has 208 valence electrons. The molecule has 2 aliphatic rings. The predicted octanol–water partition coefficient (Wildman–Crippen LogP) is 6.57. The van der Waals surface area contributed by atoms with Crippen LogP contribution in [0.3, 0.4) is 0 Å². The highest BCUT2D eigenvalue weighted by Gasteiger charge is 2.27. The molecule has 1 aliphatic carbocycles. The number of methoxy groups -OCH3 is 1. The third-order valence-corrected chi connectivity index (χ3v) is 10.3. The van der Waals surface area contributed by atoms with Gasteiger partial charge in [0, 0.05) is 53.9 Å². The van der Waals surface area contributed by atoms with E-state index in [4.69, 9.17) is 4.74 Å². The molecule has 9 heteroatoms. The SMILES string of the molecule is COc1ccc(CN2CCc3c(sc(-n4cccc4)c3CNC(=O)Nc3sc4c(c3C(C)=O)CCCC4)C2)cc1. The Morgan fingerprint density at radius 1 is 0.975 bits per heavy atom. The minimum Gasteiger partial charge on any atom is -0.497 e. The van der Waals surface area contributed by atoms with E-state index in [2.05, 4.69) is 44.6 Å². The van der Waals surface area contributed by atoms with Crippen molar-refractivity contribution in [3.05, 3.63) is 86.4 Å². The molecule has 40 heavy (non-hydrogen) atoms. The van der Waals surface area contributed by atoms with Crippen LogP contribution in [-0.4, -0.2) is 34.9 Å². The van der Waals surface area contributed by atoms with Gasteiger partial charge in [0.1, 0.15) is 15.8 Å². The number of ketones is 1. The van der Waals surface area contributed by atoms with E-state index >= 15 is 0 Å².